The summed E-state index contributed by atoms with van der Waals surface area (Å²) < 4.78 is 28.8. The summed E-state index contributed by atoms with van der Waals surface area (Å²) in [7, 11) is -1.89. The predicted octanol–water partition coefficient (Wildman–Crippen LogP) is 1.51. The minimum Gasteiger partial charge on any atom is -0.329 e. The van der Waals surface area contributed by atoms with Crippen LogP contribution in [0.3, 0.4) is 0 Å². The van der Waals surface area contributed by atoms with Crippen LogP contribution < -0.4 is 5.73 Å². The highest BCUT2D eigenvalue weighted by Gasteiger charge is 2.31. The van der Waals surface area contributed by atoms with E-state index in [9.17, 15) is 8.42 Å². The molecular formula is C14H28N4O2S. The van der Waals surface area contributed by atoms with E-state index in [-0.39, 0.29) is 6.04 Å². The summed E-state index contributed by atoms with van der Waals surface area (Å²) in [5, 5.41) is 4.30. The molecule has 6 nitrogen and oxygen atoms in total. The van der Waals surface area contributed by atoms with Crippen LogP contribution in [0.5, 0.6) is 0 Å². The van der Waals surface area contributed by atoms with E-state index < -0.39 is 10.0 Å². The number of sulfonamides is 1. The van der Waals surface area contributed by atoms with Gasteiger partial charge in [0.05, 0.1) is 17.9 Å². The first-order chi connectivity index (χ1) is 9.62. The Morgan fingerprint density at radius 1 is 1.29 bits per heavy atom. The Hall–Kier alpha value is -0.920. The molecular weight excluding hydrogens is 288 g/mol. The normalized spacial score (nSPS) is 14.1. The fourth-order valence-corrected chi connectivity index (χ4v) is 4.35. The number of aryl methyl sites for hydroxylation is 1. The summed E-state index contributed by atoms with van der Waals surface area (Å²) in [4.78, 5) is 0.314. The van der Waals surface area contributed by atoms with Gasteiger partial charge in [0.25, 0.3) is 0 Å². The topological polar surface area (TPSA) is 81.2 Å². The third kappa shape index (κ3) is 3.84. The molecule has 0 spiro atoms. The first-order valence-corrected chi connectivity index (χ1v) is 8.79. The summed E-state index contributed by atoms with van der Waals surface area (Å²) in [5.41, 5.74) is 6.73. The van der Waals surface area contributed by atoms with Crippen molar-refractivity contribution in [2.45, 2.75) is 58.5 Å². The molecule has 1 unspecified atom stereocenters. The van der Waals surface area contributed by atoms with E-state index in [4.69, 9.17) is 5.73 Å². The van der Waals surface area contributed by atoms with Crippen LogP contribution in [-0.4, -0.2) is 42.1 Å². The minimum absolute atomic E-state index is 0.0494. The number of aromatic nitrogens is 2. The van der Waals surface area contributed by atoms with Crippen molar-refractivity contribution in [3.8, 4) is 0 Å². The average molecular weight is 316 g/mol. The Kier molecular flexibility index (Phi) is 5.95. The number of hydrogen-bond donors (Lipinski definition) is 1. The molecule has 0 aliphatic carbocycles. The van der Waals surface area contributed by atoms with Gasteiger partial charge >= 0.3 is 0 Å². The maximum absolute atomic E-state index is 12.9. The van der Waals surface area contributed by atoms with Crippen molar-refractivity contribution in [3.05, 3.63) is 11.4 Å². The molecule has 0 fully saturated rings. The summed E-state index contributed by atoms with van der Waals surface area (Å²) >= 11 is 0. The van der Waals surface area contributed by atoms with Crippen LogP contribution >= 0.6 is 0 Å². The molecule has 0 aromatic carbocycles. The molecule has 21 heavy (non-hydrogen) atoms. The van der Waals surface area contributed by atoms with E-state index in [0.29, 0.717) is 35.3 Å². The van der Waals surface area contributed by atoms with E-state index in [1.165, 1.54) is 4.31 Å². The molecule has 0 aliphatic rings. The lowest BCUT2D eigenvalue weighted by Crippen LogP contribution is -2.36. The Bertz CT molecular complexity index is 578. The van der Waals surface area contributed by atoms with Gasteiger partial charge < -0.3 is 5.73 Å². The minimum atomic E-state index is -3.53. The van der Waals surface area contributed by atoms with Gasteiger partial charge in [-0.3, -0.25) is 4.68 Å². The molecule has 0 aliphatic heterocycles. The Morgan fingerprint density at radius 3 is 2.33 bits per heavy atom. The third-order valence-corrected chi connectivity index (χ3v) is 5.95. The molecule has 122 valence electrons. The fourth-order valence-electron chi connectivity index (χ4n) is 2.61. The van der Waals surface area contributed by atoms with Crippen LogP contribution in [0.15, 0.2) is 4.90 Å². The average Bonchev–Trinajstić information content (AvgIpc) is 2.63. The zero-order valence-corrected chi connectivity index (χ0v) is 14.7. The molecule has 7 heteroatoms. The first kappa shape index (κ1) is 18.1. The standard InChI is InChI=1S/C14H28N4O2S/c1-10(2)9-11(3)17(6)21(19,20)14-12(4)16-18(8-7-15)13(14)5/h10-11H,7-9,15H2,1-6H3. The highest BCUT2D eigenvalue weighted by Crippen LogP contribution is 2.25. The van der Waals surface area contributed by atoms with Gasteiger partial charge in [-0.05, 0) is 33.1 Å². The highest BCUT2D eigenvalue weighted by molar-refractivity contribution is 7.89. The summed E-state index contributed by atoms with van der Waals surface area (Å²) in [6.45, 7) is 10.6. The van der Waals surface area contributed by atoms with Crippen LogP contribution in [0.2, 0.25) is 0 Å². The van der Waals surface area contributed by atoms with Gasteiger partial charge in [0.15, 0.2) is 0 Å². The van der Waals surface area contributed by atoms with Crippen molar-refractivity contribution < 1.29 is 8.42 Å². The SMILES string of the molecule is Cc1nn(CCN)c(C)c1S(=O)(=O)N(C)C(C)CC(C)C. The van der Waals surface area contributed by atoms with Crippen LogP contribution in [0, 0.1) is 19.8 Å². The van der Waals surface area contributed by atoms with Crippen molar-refractivity contribution in [1.29, 1.82) is 0 Å². The molecule has 0 bridgehead atoms. The molecule has 1 aromatic heterocycles. The lowest BCUT2D eigenvalue weighted by Gasteiger charge is -2.25. The molecule has 1 heterocycles. The van der Waals surface area contributed by atoms with Crippen LogP contribution in [-0.2, 0) is 16.6 Å². The zero-order valence-electron chi connectivity index (χ0n) is 13.9. The van der Waals surface area contributed by atoms with Crippen LogP contribution in [0.4, 0.5) is 0 Å². The molecule has 0 radical (unpaired) electrons. The van der Waals surface area contributed by atoms with Crippen molar-refractivity contribution >= 4 is 10.0 Å². The number of nitrogens with zero attached hydrogens (tertiary/aromatic N) is 3. The van der Waals surface area contributed by atoms with Crippen molar-refractivity contribution in [2.24, 2.45) is 11.7 Å². The Morgan fingerprint density at radius 2 is 1.86 bits per heavy atom. The monoisotopic (exact) mass is 316 g/mol. The molecule has 1 aromatic rings. The second kappa shape index (κ2) is 6.89. The summed E-state index contributed by atoms with van der Waals surface area (Å²) in [5.74, 6) is 0.444. The van der Waals surface area contributed by atoms with E-state index in [0.717, 1.165) is 6.42 Å². The number of rotatable bonds is 7. The lowest BCUT2D eigenvalue weighted by molar-refractivity contribution is 0.337. The van der Waals surface area contributed by atoms with Crippen LogP contribution in [0.25, 0.3) is 0 Å². The van der Waals surface area contributed by atoms with E-state index in [1.54, 1.807) is 25.6 Å². The fraction of sp³-hybridized carbons (Fsp3) is 0.786. The van der Waals surface area contributed by atoms with Gasteiger partial charge in [-0.1, -0.05) is 13.8 Å². The summed E-state index contributed by atoms with van der Waals surface area (Å²) in [6.07, 6.45) is 0.824. The van der Waals surface area contributed by atoms with Crippen LogP contribution in [0.1, 0.15) is 38.6 Å². The Labute approximate surface area is 128 Å². The molecule has 0 saturated heterocycles. The number of nitrogens with two attached hydrogens (primary N) is 1. The third-order valence-electron chi connectivity index (χ3n) is 3.73. The van der Waals surface area contributed by atoms with Gasteiger partial charge in [-0.15, -0.1) is 0 Å². The Balaban J connectivity index is 3.19. The molecule has 1 atom stereocenters. The smallest absolute Gasteiger partial charge is 0.246 e. The van der Waals surface area contributed by atoms with Gasteiger partial charge in [-0.25, -0.2) is 8.42 Å². The van der Waals surface area contributed by atoms with Gasteiger partial charge in [0.1, 0.15) is 4.90 Å². The largest absolute Gasteiger partial charge is 0.329 e. The summed E-state index contributed by atoms with van der Waals surface area (Å²) in [6, 6.07) is -0.0494. The van der Waals surface area contributed by atoms with E-state index in [1.807, 2.05) is 6.92 Å². The lowest BCUT2D eigenvalue weighted by atomic mass is 10.1. The second-order valence-electron chi connectivity index (χ2n) is 6.01. The maximum Gasteiger partial charge on any atom is 0.246 e. The number of hydrogen-bond acceptors (Lipinski definition) is 4. The molecule has 2 N–H and O–H groups in total. The van der Waals surface area contributed by atoms with Gasteiger partial charge in [0, 0.05) is 19.6 Å². The molecule has 1 rings (SSSR count). The molecule has 0 amide bonds. The quantitative estimate of drug-likeness (QED) is 0.827. The van der Waals surface area contributed by atoms with E-state index in [2.05, 4.69) is 18.9 Å². The van der Waals surface area contributed by atoms with Crippen molar-refractivity contribution in [2.75, 3.05) is 13.6 Å². The molecule has 0 saturated carbocycles. The van der Waals surface area contributed by atoms with Gasteiger partial charge in [-0.2, -0.15) is 9.40 Å². The maximum atomic E-state index is 12.9. The predicted molar refractivity (Wildman–Crippen MR) is 84.6 cm³/mol. The first-order valence-electron chi connectivity index (χ1n) is 7.35. The van der Waals surface area contributed by atoms with Crippen molar-refractivity contribution in [1.82, 2.24) is 14.1 Å². The van der Waals surface area contributed by atoms with Gasteiger partial charge in [0.2, 0.25) is 10.0 Å². The zero-order chi connectivity index (χ0) is 16.4. The van der Waals surface area contributed by atoms with Crippen molar-refractivity contribution in [3.63, 3.8) is 0 Å². The second-order valence-corrected chi connectivity index (χ2v) is 7.95. The highest BCUT2D eigenvalue weighted by atomic mass is 32.2. The van der Waals surface area contributed by atoms with E-state index >= 15 is 0 Å².